The van der Waals surface area contributed by atoms with Crippen molar-refractivity contribution in [2.75, 3.05) is 17.6 Å². The Morgan fingerprint density at radius 2 is 2.18 bits per heavy atom. The number of nitrogen functional groups attached to an aromatic ring is 1. The Bertz CT molecular complexity index is 437. The predicted octanol–water partition coefficient (Wildman–Crippen LogP) is 1.44. The van der Waals surface area contributed by atoms with Crippen LogP contribution in [-0.2, 0) is 0 Å². The SMILES string of the molecule is Nc1nsc(NCC2CC2)c1C(=O)NC1CC1. The number of hydrogen-bond acceptors (Lipinski definition) is 5. The average Bonchev–Trinajstić information content (AvgIpc) is 3.18. The molecule has 1 amide bonds. The summed E-state index contributed by atoms with van der Waals surface area (Å²) in [5.41, 5.74) is 6.29. The van der Waals surface area contributed by atoms with Crippen molar-refractivity contribution in [1.29, 1.82) is 0 Å². The lowest BCUT2D eigenvalue weighted by Crippen LogP contribution is -2.26. The number of amides is 1. The Kier molecular flexibility index (Phi) is 2.66. The van der Waals surface area contributed by atoms with Crippen molar-refractivity contribution < 1.29 is 4.79 Å². The Morgan fingerprint density at radius 3 is 2.82 bits per heavy atom. The maximum atomic E-state index is 12.0. The molecule has 0 saturated heterocycles. The first-order valence-electron chi connectivity index (χ1n) is 6.04. The summed E-state index contributed by atoms with van der Waals surface area (Å²) in [6, 6.07) is 0.345. The molecule has 17 heavy (non-hydrogen) atoms. The van der Waals surface area contributed by atoms with Gasteiger partial charge < -0.3 is 16.4 Å². The summed E-state index contributed by atoms with van der Waals surface area (Å²) in [5.74, 6) is 1.01. The van der Waals surface area contributed by atoms with Gasteiger partial charge in [-0.2, -0.15) is 4.37 Å². The van der Waals surface area contributed by atoms with Gasteiger partial charge in [0.2, 0.25) is 0 Å². The molecule has 0 atom stereocenters. The molecule has 92 valence electrons. The standard InChI is InChI=1S/C11H16N4OS/c12-9-8(10(16)14-7-3-4-7)11(17-15-9)13-5-6-1-2-6/h6-7,13H,1-5H2,(H2,12,15)(H,14,16). The van der Waals surface area contributed by atoms with Crippen LogP contribution in [0.3, 0.4) is 0 Å². The van der Waals surface area contributed by atoms with E-state index in [-0.39, 0.29) is 5.91 Å². The molecule has 1 aromatic heterocycles. The van der Waals surface area contributed by atoms with Crippen molar-refractivity contribution in [1.82, 2.24) is 9.69 Å². The number of nitrogens with zero attached hydrogens (tertiary/aromatic N) is 1. The number of rotatable bonds is 5. The number of carbonyl (C=O) groups excluding carboxylic acids is 1. The first-order chi connectivity index (χ1) is 8.24. The highest BCUT2D eigenvalue weighted by Crippen LogP contribution is 2.32. The van der Waals surface area contributed by atoms with Crippen LogP contribution in [0.2, 0.25) is 0 Å². The fourth-order valence-electron chi connectivity index (χ4n) is 1.69. The van der Waals surface area contributed by atoms with Crippen molar-refractivity contribution in [3.05, 3.63) is 5.56 Å². The smallest absolute Gasteiger partial charge is 0.258 e. The molecule has 2 aliphatic carbocycles. The molecule has 0 unspecified atom stereocenters. The van der Waals surface area contributed by atoms with Crippen molar-refractivity contribution in [3.8, 4) is 0 Å². The molecule has 0 radical (unpaired) electrons. The van der Waals surface area contributed by atoms with Gasteiger partial charge in [-0.3, -0.25) is 4.79 Å². The summed E-state index contributed by atoms with van der Waals surface area (Å²) in [6.45, 7) is 0.922. The second-order valence-corrected chi connectivity index (χ2v) is 5.62. The van der Waals surface area contributed by atoms with Gasteiger partial charge in [-0.25, -0.2) is 0 Å². The van der Waals surface area contributed by atoms with Gasteiger partial charge in [0, 0.05) is 12.6 Å². The van der Waals surface area contributed by atoms with Crippen LogP contribution < -0.4 is 16.4 Å². The molecule has 1 aromatic rings. The quantitative estimate of drug-likeness (QED) is 0.740. The number of carbonyl (C=O) groups is 1. The first kappa shape index (κ1) is 10.8. The van der Waals surface area contributed by atoms with E-state index >= 15 is 0 Å². The molecule has 1 heterocycles. The fourth-order valence-corrected chi connectivity index (χ4v) is 2.40. The molecule has 5 nitrogen and oxygen atoms in total. The summed E-state index contributed by atoms with van der Waals surface area (Å²) in [5, 5.41) is 7.05. The van der Waals surface area contributed by atoms with E-state index in [2.05, 4.69) is 15.0 Å². The number of aromatic nitrogens is 1. The van der Waals surface area contributed by atoms with E-state index in [0.29, 0.717) is 17.4 Å². The zero-order chi connectivity index (χ0) is 11.8. The largest absolute Gasteiger partial charge is 0.382 e. The molecule has 2 saturated carbocycles. The lowest BCUT2D eigenvalue weighted by Gasteiger charge is -2.06. The molecular formula is C11H16N4OS. The van der Waals surface area contributed by atoms with E-state index in [1.165, 1.54) is 24.4 Å². The minimum Gasteiger partial charge on any atom is -0.382 e. The number of hydrogen-bond donors (Lipinski definition) is 3. The minimum absolute atomic E-state index is 0.0861. The molecule has 2 fully saturated rings. The normalized spacial score (nSPS) is 19.1. The van der Waals surface area contributed by atoms with Crippen molar-refractivity contribution >= 4 is 28.3 Å². The van der Waals surface area contributed by atoms with Gasteiger partial charge in [0.15, 0.2) is 5.82 Å². The summed E-state index contributed by atoms with van der Waals surface area (Å²) < 4.78 is 4.06. The van der Waals surface area contributed by atoms with Gasteiger partial charge in [-0.1, -0.05) is 0 Å². The minimum atomic E-state index is -0.0861. The highest BCUT2D eigenvalue weighted by atomic mass is 32.1. The fraction of sp³-hybridized carbons (Fsp3) is 0.636. The van der Waals surface area contributed by atoms with Crippen molar-refractivity contribution in [3.63, 3.8) is 0 Å². The third-order valence-electron chi connectivity index (χ3n) is 3.11. The van der Waals surface area contributed by atoms with Crippen molar-refractivity contribution in [2.24, 2.45) is 5.92 Å². The topological polar surface area (TPSA) is 80.0 Å². The van der Waals surface area contributed by atoms with E-state index in [4.69, 9.17) is 5.73 Å². The van der Waals surface area contributed by atoms with E-state index in [9.17, 15) is 4.79 Å². The van der Waals surface area contributed by atoms with Crippen LogP contribution >= 0.6 is 11.5 Å². The van der Waals surface area contributed by atoms with Crippen LogP contribution in [0.25, 0.3) is 0 Å². The molecule has 0 bridgehead atoms. The van der Waals surface area contributed by atoms with Crippen LogP contribution in [0.1, 0.15) is 36.0 Å². The summed E-state index contributed by atoms with van der Waals surface area (Å²) in [4.78, 5) is 12.0. The van der Waals surface area contributed by atoms with E-state index in [1.54, 1.807) is 0 Å². The second-order valence-electron chi connectivity index (χ2n) is 4.84. The Balaban J connectivity index is 1.70. The number of anilines is 2. The zero-order valence-electron chi connectivity index (χ0n) is 9.53. The Hall–Kier alpha value is -1.30. The molecule has 6 heteroatoms. The molecule has 0 aromatic carbocycles. The summed E-state index contributed by atoms with van der Waals surface area (Å²) in [7, 11) is 0. The molecule has 3 rings (SSSR count). The average molecular weight is 252 g/mol. The molecule has 0 spiro atoms. The lowest BCUT2D eigenvalue weighted by molar-refractivity contribution is 0.0953. The maximum absolute atomic E-state index is 12.0. The van der Waals surface area contributed by atoms with Gasteiger partial charge in [-0.05, 0) is 43.1 Å². The first-order valence-corrected chi connectivity index (χ1v) is 6.81. The number of nitrogens with one attached hydrogen (secondary N) is 2. The molecule has 0 aliphatic heterocycles. The molecular weight excluding hydrogens is 236 g/mol. The van der Waals surface area contributed by atoms with Gasteiger partial charge in [-0.15, -0.1) is 0 Å². The van der Waals surface area contributed by atoms with Crippen LogP contribution in [0, 0.1) is 5.92 Å². The Labute approximate surface area is 104 Å². The second kappa shape index (κ2) is 4.18. The van der Waals surface area contributed by atoms with Crippen LogP contribution in [0.4, 0.5) is 10.8 Å². The zero-order valence-corrected chi connectivity index (χ0v) is 10.3. The number of nitrogens with two attached hydrogens (primary N) is 1. The van der Waals surface area contributed by atoms with E-state index in [0.717, 1.165) is 30.3 Å². The summed E-state index contributed by atoms with van der Waals surface area (Å²) >= 11 is 1.27. The maximum Gasteiger partial charge on any atom is 0.258 e. The van der Waals surface area contributed by atoms with Gasteiger partial charge in [0.05, 0.1) is 0 Å². The van der Waals surface area contributed by atoms with Crippen LogP contribution in [0.15, 0.2) is 0 Å². The van der Waals surface area contributed by atoms with Gasteiger partial charge in [0.1, 0.15) is 10.6 Å². The van der Waals surface area contributed by atoms with Gasteiger partial charge in [0.25, 0.3) is 5.91 Å². The molecule has 4 N–H and O–H groups in total. The third kappa shape index (κ3) is 2.52. The molecule has 2 aliphatic rings. The van der Waals surface area contributed by atoms with Crippen LogP contribution in [0.5, 0.6) is 0 Å². The predicted molar refractivity (Wildman–Crippen MR) is 68.2 cm³/mol. The van der Waals surface area contributed by atoms with Crippen molar-refractivity contribution in [2.45, 2.75) is 31.7 Å². The highest BCUT2D eigenvalue weighted by molar-refractivity contribution is 7.11. The third-order valence-corrected chi connectivity index (χ3v) is 3.93. The van der Waals surface area contributed by atoms with E-state index < -0.39 is 0 Å². The Morgan fingerprint density at radius 1 is 1.41 bits per heavy atom. The highest BCUT2D eigenvalue weighted by Gasteiger charge is 2.28. The lowest BCUT2D eigenvalue weighted by atomic mass is 10.3. The van der Waals surface area contributed by atoms with Gasteiger partial charge >= 0.3 is 0 Å². The monoisotopic (exact) mass is 252 g/mol. The van der Waals surface area contributed by atoms with Crippen LogP contribution in [-0.4, -0.2) is 22.9 Å². The van der Waals surface area contributed by atoms with E-state index in [1.807, 2.05) is 0 Å². The summed E-state index contributed by atoms with van der Waals surface area (Å²) in [6.07, 6.45) is 4.72.